The smallest absolute Gasteiger partial charge is 0.227 e. The maximum absolute atomic E-state index is 12.5. The molecule has 2 unspecified atom stereocenters. The van der Waals surface area contributed by atoms with Crippen molar-refractivity contribution in [2.45, 2.75) is 38.1 Å². The first kappa shape index (κ1) is 15.2. The lowest BCUT2D eigenvalue weighted by molar-refractivity contribution is -0.122. The zero-order valence-electron chi connectivity index (χ0n) is 13.0. The van der Waals surface area contributed by atoms with Crippen LogP contribution >= 0.6 is 0 Å². The summed E-state index contributed by atoms with van der Waals surface area (Å²) in [4.78, 5) is 12.5. The predicted octanol–water partition coefficient (Wildman–Crippen LogP) is 2.37. The van der Waals surface area contributed by atoms with Crippen LogP contribution in [0.25, 0.3) is 0 Å². The van der Waals surface area contributed by atoms with Gasteiger partial charge in [-0.3, -0.25) is 4.79 Å². The lowest BCUT2D eigenvalue weighted by Gasteiger charge is -2.43. The average Bonchev–Trinajstić information content (AvgIpc) is 2.47. The second kappa shape index (κ2) is 6.16. The Hall–Kier alpha value is -1.75. The summed E-state index contributed by atoms with van der Waals surface area (Å²) in [6.07, 6.45) is 5.41. The highest BCUT2D eigenvalue weighted by molar-refractivity contribution is 5.93. The number of methoxy groups -OCH3 is 1. The number of hydrogen-bond acceptors (Lipinski definition) is 4. The molecule has 5 N–H and O–H groups in total. The summed E-state index contributed by atoms with van der Waals surface area (Å²) in [6.45, 7) is 0. The van der Waals surface area contributed by atoms with Crippen LogP contribution in [-0.4, -0.2) is 19.1 Å². The Kier molecular flexibility index (Phi) is 4.25. The number of hydrogen-bond donors (Lipinski definition) is 3. The second-order valence-corrected chi connectivity index (χ2v) is 6.64. The van der Waals surface area contributed by atoms with Crippen molar-refractivity contribution >= 4 is 17.3 Å². The number of carbonyl (C=O) groups excluding carboxylic acids is 1. The van der Waals surface area contributed by atoms with E-state index in [9.17, 15) is 4.79 Å². The zero-order chi connectivity index (χ0) is 15.7. The third-order valence-corrected chi connectivity index (χ3v) is 5.28. The highest BCUT2D eigenvalue weighted by atomic mass is 16.5. The van der Waals surface area contributed by atoms with E-state index in [1.54, 1.807) is 19.2 Å². The molecule has 1 aromatic carbocycles. The fraction of sp³-hybridized carbons (Fsp3) is 0.588. The molecule has 0 spiro atoms. The van der Waals surface area contributed by atoms with Crippen LogP contribution in [0.15, 0.2) is 18.2 Å². The lowest BCUT2D eigenvalue weighted by atomic mass is 9.65. The van der Waals surface area contributed by atoms with Gasteiger partial charge in [-0.25, -0.2) is 0 Å². The first-order valence-corrected chi connectivity index (χ1v) is 8.08. The Bertz CT molecular complexity index is 547. The summed E-state index contributed by atoms with van der Waals surface area (Å²) in [5.41, 5.74) is 13.4. The maximum atomic E-state index is 12.5. The molecule has 5 heteroatoms. The van der Waals surface area contributed by atoms with Crippen molar-refractivity contribution in [1.82, 2.24) is 0 Å². The Labute approximate surface area is 131 Å². The molecule has 0 radical (unpaired) electrons. The molecule has 2 atom stereocenters. The Morgan fingerprint density at radius 2 is 1.95 bits per heavy atom. The minimum absolute atomic E-state index is 0.0680. The molecule has 2 aliphatic rings. The highest BCUT2D eigenvalue weighted by Crippen LogP contribution is 2.42. The number of rotatable bonds is 3. The molecule has 0 aliphatic heterocycles. The van der Waals surface area contributed by atoms with Gasteiger partial charge in [0.05, 0.1) is 12.8 Å². The van der Waals surface area contributed by atoms with Gasteiger partial charge >= 0.3 is 0 Å². The number of anilines is 2. The number of carbonyl (C=O) groups is 1. The summed E-state index contributed by atoms with van der Waals surface area (Å²) in [5, 5.41) is 2.99. The summed E-state index contributed by atoms with van der Waals surface area (Å²) >= 11 is 0. The normalized spacial score (nSPS) is 30.6. The van der Waals surface area contributed by atoms with Crippen LogP contribution in [0, 0.1) is 17.8 Å². The standard InChI is InChI=1S/C17H25N3O2/c1-22-15-6-5-13(9-14(15)18)20-17(21)12-7-10-3-2-4-11(8-12)16(10)19/h5-6,9-12,16H,2-4,7-8,18-19H2,1H3,(H,20,21). The van der Waals surface area contributed by atoms with Gasteiger partial charge in [-0.1, -0.05) is 6.42 Å². The van der Waals surface area contributed by atoms with E-state index < -0.39 is 0 Å². The van der Waals surface area contributed by atoms with Crippen LogP contribution in [0.1, 0.15) is 32.1 Å². The molecule has 0 aromatic heterocycles. The second-order valence-electron chi connectivity index (χ2n) is 6.64. The molecule has 1 aromatic rings. The molecule has 0 saturated heterocycles. The summed E-state index contributed by atoms with van der Waals surface area (Å²) in [7, 11) is 1.58. The molecule has 2 aliphatic carbocycles. The molecule has 2 saturated carbocycles. The van der Waals surface area contributed by atoms with Crippen LogP contribution in [0.5, 0.6) is 5.75 Å². The van der Waals surface area contributed by atoms with Crippen LogP contribution in [0.3, 0.4) is 0 Å². The fourth-order valence-corrected chi connectivity index (χ4v) is 4.06. The van der Waals surface area contributed by atoms with E-state index in [1.807, 2.05) is 6.07 Å². The molecule has 3 rings (SSSR count). The van der Waals surface area contributed by atoms with Crippen molar-refractivity contribution in [3.8, 4) is 5.75 Å². The van der Waals surface area contributed by atoms with Crippen LogP contribution in [0.2, 0.25) is 0 Å². The van der Waals surface area contributed by atoms with Crippen molar-refractivity contribution in [3.05, 3.63) is 18.2 Å². The molecule has 5 nitrogen and oxygen atoms in total. The van der Waals surface area contributed by atoms with Gasteiger partial charge in [0.1, 0.15) is 5.75 Å². The van der Waals surface area contributed by atoms with Gasteiger partial charge in [0.25, 0.3) is 0 Å². The van der Waals surface area contributed by atoms with Gasteiger partial charge in [-0.05, 0) is 55.7 Å². The molecular formula is C17H25N3O2. The minimum Gasteiger partial charge on any atom is -0.495 e. The minimum atomic E-state index is 0.0680. The van der Waals surface area contributed by atoms with Crippen LogP contribution in [-0.2, 0) is 4.79 Å². The number of amides is 1. The third-order valence-electron chi connectivity index (χ3n) is 5.28. The van der Waals surface area contributed by atoms with Gasteiger partial charge in [-0.2, -0.15) is 0 Å². The molecule has 120 valence electrons. The van der Waals surface area contributed by atoms with Crippen molar-refractivity contribution in [2.75, 3.05) is 18.2 Å². The summed E-state index contributed by atoms with van der Waals surface area (Å²) < 4.78 is 5.13. The summed E-state index contributed by atoms with van der Waals surface area (Å²) in [5.74, 6) is 1.79. The first-order chi connectivity index (χ1) is 10.6. The quantitative estimate of drug-likeness (QED) is 0.748. The number of nitrogens with two attached hydrogens (primary N) is 2. The van der Waals surface area contributed by atoms with E-state index in [2.05, 4.69) is 5.32 Å². The van der Waals surface area contributed by atoms with Crippen molar-refractivity contribution in [2.24, 2.45) is 23.5 Å². The monoisotopic (exact) mass is 303 g/mol. The lowest BCUT2D eigenvalue weighted by Crippen LogP contribution is -2.48. The Morgan fingerprint density at radius 3 is 2.55 bits per heavy atom. The summed E-state index contributed by atoms with van der Waals surface area (Å²) in [6, 6.07) is 5.62. The van der Waals surface area contributed by atoms with E-state index in [1.165, 1.54) is 6.42 Å². The van der Waals surface area contributed by atoms with Crippen LogP contribution < -0.4 is 21.5 Å². The van der Waals surface area contributed by atoms with Gasteiger partial charge in [0.15, 0.2) is 0 Å². The van der Waals surface area contributed by atoms with Crippen molar-refractivity contribution in [1.29, 1.82) is 0 Å². The number of ether oxygens (including phenoxy) is 1. The number of benzene rings is 1. The van der Waals surface area contributed by atoms with Crippen LogP contribution in [0.4, 0.5) is 11.4 Å². The number of nitrogens with one attached hydrogen (secondary N) is 1. The SMILES string of the molecule is COc1ccc(NC(=O)C2CC3CCCC(C2)C3N)cc1N. The van der Waals surface area contributed by atoms with Gasteiger partial charge in [0.2, 0.25) is 5.91 Å². The Morgan fingerprint density at radius 1 is 1.27 bits per heavy atom. The van der Waals surface area contributed by atoms with Gasteiger partial charge in [-0.15, -0.1) is 0 Å². The van der Waals surface area contributed by atoms with E-state index in [-0.39, 0.29) is 17.9 Å². The topological polar surface area (TPSA) is 90.4 Å². The number of nitrogen functional groups attached to an aromatic ring is 1. The highest BCUT2D eigenvalue weighted by Gasteiger charge is 2.40. The van der Waals surface area contributed by atoms with E-state index in [4.69, 9.17) is 16.2 Å². The van der Waals surface area contributed by atoms with E-state index in [0.717, 1.165) is 31.4 Å². The molecule has 2 fully saturated rings. The predicted molar refractivity (Wildman–Crippen MR) is 87.6 cm³/mol. The molecule has 22 heavy (non-hydrogen) atoms. The number of fused-ring (bicyclic) bond motifs is 2. The van der Waals surface area contributed by atoms with Gasteiger partial charge in [0, 0.05) is 17.6 Å². The van der Waals surface area contributed by atoms with Crippen molar-refractivity contribution < 1.29 is 9.53 Å². The fourth-order valence-electron chi connectivity index (χ4n) is 4.06. The Balaban J connectivity index is 1.66. The maximum Gasteiger partial charge on any atom is 0.227 e. The first-order valence-electron chi connectivity index (χ1n) is 8.08. The largest absolute Gasteiger partial charge is 0.495 e. The molecule has 1 amide bonds. The molecule has 2 bridgehead atoms. The van der Waals surface area contributed by atoms with E-state index >= 15 is 0 Å². The van der Waals surface area contributed by atoms with Crippen molar-refractivity contribution in [3.63, 3.8) is 0 Å². The van der Waals surface area contributed by atoms with E-state index in [0.29, 0.717) is 23.3 Å². The van der Waals surface area contributed by atoms with Gasteiger partial charge < -0.3 is 21.5 Å². The third kappa shape index (κ3) is 2.90. The average molecular weight is 303 g/mol. The molecular weight excluding hydrogens is 278 g/mol. The zero-order valence-corrected chi connectivity index (χ0v) is 13.0. The molecule has 0 heterocycles.